The summed E-state index contributed by atoms with van der Waals surface area (Å²) in [6.45, 7) is 0. The summed E-state index contributed by atoms with van der Waals surface area (Å²) in [5, 5.41) is 4.05. The summed E-state index contributed by atoms with van der Waals surface area (Å²) in [4.78, 5) is 17.0. The lowest BCUT2D eigenvalue weighted by atomic mass is 10.1. The van der Waals surface area contributed by atoms with Gasteiger partial charge in [0.25, 0.3) is 5.91 Å². The van der Waals surface area contributed by atoms with E-state index in [1.165, 1.54) is 10.9 Å². The summed E-state index contributed by atoms with van der Waals surface area (Å²) < 4.78 is 12.9. The molecule has 1 amide bonds. The number of carbonyl (C=O) groups excluding carboxylic acids is 1. The molecule has 6 nitrogen and oxygen atoms in total. The van der Waals surface area contributed by atoms with Gasteiger partial charge in [0.15, 0.2) is 15.8 Å². The molecule has 0 aliphatic carbocycles. The molecule has 0 fully saturated rings. The Hall–Kier alpha value is -3.36. The number of fused-ring (bicyclic) bond motifs is 1. The predicted octanol–water partition coefficient (Wildman–Crippen LogP) is 5.37. The van der Waals surface area contributed by atoms with E-state index >= 15 is 0 Å². The van der Waals surface area contributed by atoms with E-state index in [1.54, 1.807) is 55.5 Å². The average Bonchev–Trinajstić information content (AvgIpc) is 3.26. The zero-order valence-corrected chi connectivity index (χ0v) is 19.2. The van der Waals surface area contributed by atoms with Gasteiger partial charge in [0.2, 0.25) is 0 Å². The van der Waals surface area contributed by atoms with Crippen molar-refractivity contribution < 1.29 is 14.3 Å². The Labute approximate surface area is 194 Å². The Bertz CT molecular complexity index is 1220. The van der Waals surface area contributed by atoms with Gasteiger partial charge in [-0.05, 0) is 42.0 Å². The Morgan fingerprint density at radius 3 is 2.62 bits per heavy atom. The molecule has 3 aromatic carbocycles. The third kappa shape index (κ3) is 5.09. The Morgan fingerprint density at radius 1 is 1.06 bits per heavy atom. The summed E-state index contributed by atoms with van der Waals surface area (Å²) >= 11 is 3.38. The van der Waals surface area contributed by atoms with Crippen molar-refractivity contribution in [1.29, 1.82) is 0 Å². The molecule has 0 saturated carbocycles. The number of benzene rings is 3. The fraction of sp³-hybridized carbons (Fsp3) is 0.125. The minimum Gasteiger partial charge on any atom is -0.493 e. The van der Waals surface area contributed by atoms with Crippen molar-refractivity contribution in [2.75, 3.05) is 14.2 Å². The number of rotatable bonds is 8. The number of carbonyl (C=O) groups is 1. The predicted molar refractivity (Wildman–Crippen MR) is 130 cm³/mol. The molecule has 0 bridgehead atoms. The molecule has 4 aromatic rings. The molecule has 162 valence electrons. The van der Waals surface area contributed by atoms with Crippen LogP contribution < -0.4 is 14.9 Å². The highest BCUT2D eigenvalue weighted by Gasteiger charge is 2.09. The molecule has 1 aromatic heterocycles. The van der Waals surface area contributed by atoms with Crippen molar-refractivity contribution in [3.05, 3.63) is 83.4 Å². The van der Waals surface area contributed by atoms with Crippen molar-refractivity contribution in [3.8, 4) is 11.5 Å². The SMILES string of the molecule is COc1cccc(/C=N/NC(=O)c2ccc(CSc3nc4ccccc4s3)cc2)c1OC. The highest BCUT2D eigenvalue weighted by Crippen LogP contribution is 2.31. The van der Waals surface area contributed by atoms with E-state index in [0.717, 1.165) is 21.2 Å². The number of methoxy groups -OCH3 is 2. The number of nitrogens with zero attached hydrogens (tertiary/aromatic N) is 2. The molecule has 1 N–H and O–H groups in total. The van der Waals surface area contributed by atoms with Crippen molar-refractivity contribution in [1.82, 2.24) is 10.4 Å². The minimum absolute atomic E-state index is 0.284. The van der Waals surface area contributed by atoms with Gasteiger partial charge in [0.05, 0.1) is 30.7 Å². The van der Waals surface area contributed by atoms with Crippen molar-refractivity contribution in [2.24, 2.45) is 5.10 Å². The number of hydrogen-bond acceptors (Lipinski definition) is 7. The van der Waals surface area contributed by atoms with E-state index in [2.05, 4.69) is 21.6 Å². The maximum atomic E-state index is 12.4. The number of nitrogens with one attached hydrogen (secondary N) is 1. The fourth-order valence-electron chi connectivity index (χ4n) is 3.05. The average molecular weight is 464 g/mol. The summed E-state index contributed by atoms with van der Waals surface area (Å²) in [5.74, 6) is 1.66. The van der Waals surface area contributed by atoms with Gasteiger partial charge in [0.1, 0.15) is 0 Å². The molecular formula is C24H21N3O3S2. The molecule has 8 heteroatoms. The molecule has 0 radical (unpaired) electrons. The smallest absolute Gasteiger partial charge is 0.271 e. The third-order valence-corrected chi connectivity index (χ3v) is 6.91. The highest BCUT2D eigenvalue weighted by molar-refractivity contribution is 8.00. The molecule has 32 heavy (non-hydrogen) atoms. The third-order valence-electron chi connectivity index (χ3n) is 4.66. The Morgan fingerprint density at radius 2 is 1.88 bits per heavy atom. The van der Waals surface area contributed by atoms with Crippen LogP contribution in [-0.4, -0.2) is 31.3 Å². The number of hydrogen-bond donors (Lipinski definition) is 1. The van der Waals surface area contributed by atoms with Crippen LogP contribution in [-0.2, 0) is 5.75 Å². The first kappa shape index (κ1) is 21.9. The zero-order chi connectivity index (χ0) is 22.3. The van der Waals surface area contributed by atoms with Gasteiger partial charge in [-0.3, -0.25) is 4.79 Å². The molecule has 0 aliphatic rings. The van der Waals surface area contributed by atoms with E-state index in [4.69, 9.17) is 9.47 Å². The van der Waals surface area contributed by atoms with Gasteiger partial charge in [-0.15, -0.1) is 11.3 Å². The van der Waals surface area contributed by atoms with E-state index in [9.17, 15) is 4.79 Å². The summed E-state index contributed by atoms with van der Waals surface area (Å²) in [5.41, 5.74) is 5.94. The van der Waals surface area contributed by atoms with E-state index < -0.39 is 0 Å². The van der Waals surface area contributed by atoms with Gasteiger partial charge in [-0.1, -0.05) is 42.1 Å². The van der Waals surface area contributed by atoms with E-state index in [1.807, 2.05) is 42.5 Å². The van der Waals surface area contributed by atoms with Crippen LogP contribution in [0, 0.1) is 0 Å². The summed E-state index contributed by atoms with van der Waals surface area (Å²) in [6.07, 6.45) is 1.53. The zero-order valence-electron chi connectivity index (χ0n) is 17.6. The number of ether oxygens (including phenoxy) is 2. The van der Waals surface area contributed by atoms with Gasteiger partial charge in [-0.2, -0.15) is 5.10 Å². The summed E-state index contributed by atoms with van der Waals surface area (Å²) in [7, 11) is 3.13. The van der Waals surface area contributed by atoms with Gasteiger partial charge >= 0.3 is 0 Å². The number of thioether (sulfide) groups is 1. The van der Waals surface area contributed by atoms with Crippen LogP contribution >= 0.6 is 23.1 Å². The first-order valence-electron chi connectivity index (χ1n) is 9.79. The number of amides is 1. The molecular weight excluding hydrogens is 442 g/mol. The van der Waals surface area contributed by atoms with Gasteiger partial charge in [-0.25, -0.2) is 10.4 Å². The van der Waals surface area contributed by atoms with Crippen LogP contribution in [0.4, 0.5) is 0 Å². The monoisotopic (exact) mass is 463 g/mol. The second-order valence-corrected chi connectivity index (χ2v) is 8.97. The molecule has 0 saturated heterocycles. The molecule has 0 atom stereocenters. The van der Waals surface area contributed by atoms with Gasteiger partial charge < -0.3 is 9.47 Å². The first-order valence-corrected chi connectivity index (χ1v) is 11.6. The van der Waals surface area contributed by atoms with Crippen LogP contribution in [0.5, 0.6) is 11.5 Å². The topological polar surface area (TPSA) is 72.8 Å². The molecule has 4 rings (SSSR count). The van der Waals surface area contributed by atoms with Crippen LogP contribution in [0.15, 0.2) is 76.2 Å². The maximum Gasteiger partial charge on any atom is 0.271 e. The van der Waals surface area contributed by atoms with Crippen LogP contribution in [0.1, 0.15) is 21.5 Å². The molecule has 0 aliphatic heterocycles. The number of hydrazone groups is 1. The lowest BCUT2D eigenvalue weighted by Gasteiger charge is -2.09. The molecule has 0 spiro atoms. The van der Waals surface area contributed by atoms with Crippen molar-refractivity contribution in [2.45, 2.75) is 10.1 Å². The molecule has 0 unspecified atom stereocenters. The fourth-order valence-corrected chi connectivity index (χ4v) is 5.07. The standard InChI is InChI=1S/C24H21N3O3S2/c1-29-20-8-5-6-18(22(20)30-2)14-25-27-23(28)17-12-10-16(11-13-17)15-31-24-26-19-7-3-4-9-21(19)32-24/h3-14H,15H2,1-2H3,(H,27,28)/b25-14+. The van der Waals surface area contributed by atoms with Crippen molar-refractivity contribution in [3.63, 3.8) is 0 Å². The van der Waals surface area contributed by atoms with E-state index in [-0.39, 0.29) is 5.91 Å². The van der Waals surface area contributed by atoms with E-state index in [0.29, 0.717) is 22.6 Å². The van der Waals surface area contributed by atoms with Crippen molar-refractivity contribution >= 4 is 45.4 Å². The maximum absolute atomic E-state index is 12.4. The summed E-state index contributed by atoms with van der Waals surface area (Å²) in [6, 6.07) is 21.1. The number of para-hydroxylation sites is 2. The van der Waals surface area contributed by atoms with Crippen LogP contribution in [0.3, 0.4) is 0 Å². The Kier molecular flexibility index (Phi) is 7.03. The number of aromatic nitrogens is 1. The molecule has 1 heterocycles. The van der Waals surface area contributed by atoms with Crippen LogP contribution in [0.25, 0.3) is 10.2 Å². The number of thiazole rings is 1. The Balaban J connectivity index is 1.34. The quantitative estimate of drug-likeness (QED) is 0.216. The second-order valence-electron chi connectivity index (χ2n) is 6.71. The lowest BCUT2D eigenvalue weighted by Crippen LogP contribution is -2.17. The second kappa shape index (κ2) is 10.3. The van der Waals surface area contributed by atoms with Crippen LogP contribution in [0.2, 0.25) is 0 Å². The normalized spacial score (nSPS) is 11.1. The minimum atomic E-state index is -0.284. The first-order chi connectivity index (χ1) is 15.7. The largest absolute Gasteiger partial charge is 0.493 e. The lowest BCUT2D eigenvalue weighted by molar-refractivity contribution is 0.0955. The van der Waals surface area contributed by atoms with Gasteiger partial charge in [0, 0.05) is 16.9 Å². The highest BCUT2D eigenvalue weighted by atomic mass is 32.2.